The first-order valence-corrected chi connectivity index (χ1v) is 8.38. The first-order valence-electron chi connectivity index (χ1n) is 7.23. The highest BCUT2D eigenvalue weighted by molar-refractivity contribution is 7.99. The highest BCUT2D eigenvalue weighted by atomic mass is 32.2. The molecule has 92 valence electrons. The van der Waals surface area contributed by atoms with E-state index in [2.05, 4.69) is 17.1 Å². The van der Waals surface area contributed by atoms with Crippen molar-refractivity contribution in [2.75, 3.05) is 11.5 Å². The average Bonchev–Trinajstić information content (AvgIpc) is 2.37. The lowest BCUT2D eigenvalue weighted by atomic mass is 9.57. The second-order valence-electron chi connectivity index (χ2n) is 6.07. The molecule has 3 fully saturated rings. The van der Waals surface area contributed by atoms with E-state index in [1.165, 1.54) is 69.3 Å². The van der Waals surface area contributed by atoms with Gasteiger partial charge in [-0.1, -0.05) is 19.3 Å². The van der Waals surface area contributed by atoms with Gasteiger partial charge in [0.2, 0.25) is 0 Å². The Kier molecular flexibility index (Phi) is 3.49. The van der Waals surface area contributed by atoms with Gasteiger partial charge in [0.1, 0.15) is 0 Å². The van der Waals surface area contributed by atoms with Crippen LogP contribution in [0.5, 0.6) is 0 Å². The molecule has 1 nitrogen and oxygen atoms in total. The number of nitrogens with one attached hydrogen (secondary N) is 1. The van der Waals surface area contributed by atoms with Crippen LogP contribution in [-0.2, 0) is 0 Å². The molecular weight excluding hydrogens is 214 g/mol. The van der Waals surface area contributed by atoms with Crippen molar-refractivity contribution in [2.45, 2.75) is 69.9 Å². The molecule has 1 spiro atoms. The molecule has 16 heavy (non-hydrogen) atoms. The van der Waals surface area contributed by atoms with Crippen LogP contribution >= 0.6 is 11.8 Å². The molecule has 0 aromatic carbocycles. The van der Waals surface area contributed by atoms with Gasteiger partial charge in [0.25, 0.3) is 0 Å². The zero-order valence-electron chi connectivity index (χ0n) is 10.3. The van der Waals surface area contributed by atoms with Gasteiger partial charge in [0.05, 0.1) is 0 Å². The lowest BCUT2D eigenvalue weighted by Gasteiger charge is -2.54. The first-order chi connectivity index (χ1) is 7.89. The Morgan fingerprint density at radius 3 is 2.25 bits per heavy atom. The summed E-state index contributed by atoms with van der Waals surface area (Å²) in [4.78, 5) is 0. The van der Waals surface area contributed by atoms with Gasteiger partial charge in [0, 0.05) is 12.1 Å². The summed E-state index contributed by atoms with van der Waals surface area (Å²) in [6.45, 7) is 0. The fourth-order valence-corrected chi connectivity index (χ4v) is 5.07. The van der Waals surface area contributed by atoms with E-state index in [-0.39, 0.29) is 0 Å². The Morgan fingerprint density at radius 2 is 1.62 bits per heavy atom. The summed E-state index contributed by atoms with van der Waals surface area (Å²) in [5, 5.41) is 4.00. The van der Waals surface area contributed by atoms with Gasteiger partial charge in [-0.25, -0.2) is 0 Å². The van der Waals surface area contributed by atoms with E-state index in [0.717, 1.165) is 17.5 Å². The van der Waals surface area contributed by atoms with E-state index in [0.29, 0.717) is 0 Å². The van der Waals surface area contributed by atoms with Crippen LogP contribution in [0.25, 0.3) is 0 Å². The molecule has 2 heteroatoms. The van der Waals surface area contributed by atoms with Crippen LogP contribution in [-0.4, -0.2) is 23.6 Å². The fourth-order valence-electron chi connectivity index (χ4n) is 3.96. The Morgan fingerprint density at radius 1 is 0.875 bits per heavy atom. The predicted molar refractivity (Wildman–Crippen MR) is 72.0 cm³/mol. The number of hydrogen-bond acceptors (Lipinski definition) is 2. The fraction of sp³-hybridized carbons (Fsp3) is 1.00. The van der Waals surface area contributed by atoms with Crippen LogP contribution in [0.2, 0.25) is 0 Å². The molecule has 0 radical (unpaired) electrons. The monoisotopic (exact) mass is 239 g/mol. The first kappa shape index (κ1) is 11.4. The molecule has 0 aromatic heterocycles. The van der Waals surface area contributed by atoms with E-state index in [9.17, 15) is 0 Å². The van der Waals surface area contributed by atoms with Crippen molar-refractivity contribution in [3.63, 3.8) is 0 Å². The van der Waals surface area contributed by atoms with E-state index in [4.69, 9.17) is 0 Å². The SMILES string of the molecule is C1CCC2(CC1)CCC2NC1CCSCC1. The van der Waals surface area contributed by atoms with Gasteiger partial charge < -0.3 is 5.32 Å². The lowest BCUT2D eigenvalue weighted by molar-refractivity contribution is 0.0158. The minimum Gasteiger partial charge on any atom is -0.311 e. The standard InChI is InChI=1S/C14H25NS/c1-2-7-14(8-3-1)9-4-13(14)15-12-5-10-16-11-6-12/h12-13,15H,1-11H2. The maximum atomic E-state index is 4.00. The summed E-state index contributed by atoms with van der Waals surface area (Å²) in [5.74, 6) is 2.77. The van der Waals surface area contributed by atoms with Crippen LogP contribution in [0.4, 0.5) is 0 Å². The number of thioether (sulfide) groups is 1. The predicted octanol–water partition coefficient (Wildman–Crippen LogP) is 3.58. The van der Waals surface area contributed by atoms with Crippen molar-refractivity contribution in [2.24, 2.45) is 5.41 Å². The molecule has 1 saturated heterocycles. The summed E-state index contributed by atoms with van der Waals surface area (Å²) in [7, 11) is 0. The van der Waals surface area contributed by atoms with Crippen molar-refractivity contribution in [1.82, 2.24) is 5.32 Å². The minimum atomic E-state index is 0.753. The molecule has 0 amide bonds. The normalized spacial score (nSPS) is 34.9. The van der Waals surface area contributed by atoms with Crippen molar-refractivity contribution in [1.29, 1.82) is 0 Å². The third-order valence-corrected chi connectivity index (χ3v) is 6.23. The Bertz CT molecular complexity index is 229. The molecule has 2 saturated carbocycles. The zero-order valence-corrected chi connectivity index (χ0v) is 11.2. The van der Waals surface area contributed by atoms with Crippen LogP contribution in [0.1, 0.15) is 57.8 Å². The molecule has 1 heterocycles. The van der Waals surface area contributed by atoms with E-state index >= 15 is 0 Å². The van der Waals surface area contributed by atoms with Gasteiger partial charge in [-0.15, -0.1) is 0 Å². The second-order valence-corrected chi connectivity index (χ2v) is 7.29. The third-order valence-electron chi connectivity index (χ3n) is 5.18. The zero-order chi connectivity index (χ0) is 10.8. The average molecular weight is 239 g/mol. The molecular formula is C14H25NS. The molecule has 3 rings (SSSR count). The quantitative estimate of drug-likeness (QED) is 0.790. The molecule has 0 aromatic rings. The van der Waals surface area contributed by atoms with E-state index in [1.807, 2.05) is 0 Å². The molecule has 3 aliphatic rings. The van der Waals surface area contributed by atoms with Gasteiger partial charge >= 0.3 is 0 Å². The molecule has 1 aliphatic heterocycles. The summed E-state index contributed by atoms with van der Waals surface area (Å²) in [6, 6.07) is 1.74. The van der Waals surface area contributed by atoms with Crippen molar-refractivity contribution in [3.05, 3.63) is 0 Å². The Balaban J connectivity index is 1.54. The summed E-state index contributed by atoms with van der Waals surface area (Å²) >= 11 is 2.14. The topological polar surface area (TPSA) is 12.0 Å². The van der Waals surface area contributed by atoms with Crippen LogP contribution in [0.3, 0.4) is 0 Å². The molecule has 0 bridgehead atoms. The third kappa shape index (κ3) is 2.15. The number of hydrogen-bond donors (Lipinski definition) is 1. The van der Waals surface area contributed by atoms with Gasteiger partial charge in [0.15, 0.2) is 0 Å². The van der Waals surface area contributed by atoms with Gasteiger partial charge in [-0.3, -0.25) is 0 Å². The smallest absolute Gasteiger partial charge is 0.0126 e. The summed E-state index contributed by atoms with van der Waals surface area (Å²) in [6.07, 6.45) is 13.3. The Labute approximate surface area is 104 Å². The highest BCUT2D eigenvalue weighted by Gasteiger charge is 2.47. The largest absolute Gasteiger partial charge is 0.311 e. The van der Waals surface area contributed by atoms with Crippen molar-refractivity contribution >= 4 is 11.8 Å². The van der Waals surface area contributed by atoms with Crippen LogP contribution in [0.15, 0.2) is 0 Å². The Hall–Kier alpha value is 0.310. The minimum absolute atomic E-state index is 0.753. The highest BCUT2D eigenvalue weighted by Crippen LogP contribution is 2.51. The van der Waals surface area contributed by atoms with Crippen molar-refractivity contribution in [3.8, 4) is 0 Å². The van der Waals surface area contributed by atoms with Crippen LogP contribution in [0, 0.1) is 5.41 Å². The molecule has 1 unspecified atom stereocenters. The van der Waals surface area contributed by atoms with Crippen molar-refractivity contribution < 1.29 is 0 Å². The summed E-state index contributed by atoms with van der Waals surface area (Å²) in [5.41, 5.74) is 0.753. The molecule has 1 atom stereocenters. The molecule has 1 N–H and O–H groups in total. The maximum Gasteiger partial charge on any atom is 0.0126 e. The van der Waals surface area contributed by atoms with E-state index < -0.39 is 0 Å². The molecule has 2 aliphatic carbocycles. The maximum absolute atomic E-state index is 4.00. The number of rotatable bonds is 2. The van der Waals surface area contributed by atoms with Gasteiger partial charge in [-0.2, -0.15) is 11.8 Å². The van der Waals surface area contributed by atoms with E-state index in [1.54, 1.807) is 0 Å². The van der Waals surface area contributed by atoms with Crippen LogP contribution < -0.4 is 5.32 Å². The van der Waals surface area contributed by atoms with Gasteiger partial charge in [-0.05, 0) is 55.4 Å². The summed E-state index contributed by atoms with van der Waals surface area (Å²) < 4.78 is 0. The second kappa shape index (κ2) is 4.89. The lowest BCUT2D eigenvalue weighted by Crippen LogP contribution is -2.57.